The van der Waals surface area contributed by atoms with Gasteiger partial charge in [0.2, 0.25) is 0 Å². The van der Waals surface area contributed by atoms with Crippen molar-refractivity contribution in [2.75, 3.05) is 13.2 Å². The van der Waals surface area contributed by atoms with Gasteiger partial charge in [-0.3, -0.25) is 9.59 Å². The summed E-state index contributed by atoms with van der Waals surface area (Å²) in [6, 6.07) is 0. The Morgan fingerprint density at radius 2 is 0.923 bits per heavy atom. The number of hydrogen-bond acceptors (Lipinski definition) is 11. The van der Waals surface area contributed by atoms with Crippen LogP contribution in [0.4, 0.5) is 9.59 Å². The second-order valence-corrected chi connectivity index (χ2v) is 11.4. The van der Waals surface area contributed by atoms with E-state index in [2.05, 4.69) is 22.6 Å². The molecule has 11 heteroatoms. The van der Waals surface area contributed by atoms with Crippen molar-refractivity contribution >= 4 is 24.2 Å². The van der Waals surface area contributed by atoms with Gasteiger partial charge in [0.25, 0.3) is 0 Å². The highest BCUT2D eigenvalue weighted by Crippen LogP contribution is 2.28. The normalized spacial score (nSPS) is 13.8. The molecule has 224 valence electrons. The van der Waals surface area contributed by atoms with E-state index in [0.717, 1.165) is 12.5 Å². The molecular formula is C28H46O11. The summed E-state index contributed by atoms with van der Waals surface area (Å²) in [4.78, 5) is 48.6. The van der Waals surface area contributed by atoms with Crippen LogP contribution in [0.25, 0.3) is 0 Å². The van der Waals surface area contributed by atoms with Crippen LogP contribution in [-0.2, 0) is 42.7 Å². The molecule has 0 aliphatic heterocycles. The molecule has 0 amide bonds. The number of carbonyl (C=O) groups excluding carboxylic acids is 4. The lowest BCUT2D eigenvalue weighted by Gasteiger charge is -2.33. The Hall–Kier alpha value is -3.08. The fraction of sp³-hybridized carbons (Fsp3) is 0.714. The van der Waals surface area contributed by atoms with Crippen LogP contribution in [0.15, 0.2) is 25.7 Å². The van der Waals surface area contributed by atoms with Gasteiger partial charge >= 0.3 is 24.2 Å². The third-order valence-corrected chi connectivity index (χ3v) is 6.30. The average molecular weight is 559 g/mol. The summed E-state index contributed by atoms with van der Waals surface area (Å²) in [5, 5.41) is 0. The summed E-state index contributed by atoms with van der Waals surface area (Å²) in [6.07, 6.45) is 0.755. The molecule has 0 heterocycles. The maximum atomic E-state index is 12.7. The van der Waals surface area contributed by atoms with E-state index in [1.807, 2.05) is 0 Å². The number of carbonyl (C=O) groups is 4. The highest BCUT2D eigenvalue weighted by molar-refractivity contribution is 5.75. The van der Waals surface area contributed by atoms with Crippen molar-refractivity contribution in [1.82, 2.24) is 0 Å². The van der Waals surface area contributed by atoms with Gasteiger partial charge in [-0.05, 0) is 69.2 Å². The summed E-state index contributed by atoms with van der Waals surface area (Å²) < 4.78 is 36.5. The van der Waals surface area contributed by atoms with Crippen molar-refractivity contribution in [3.8, 4) is 0 Å². The second-order valence-electron chi connectivity index (χ2n) is 11.4. The zero-order chi connectivity index (χ0) is 30.7. The second kappa shape index (κ2) is 14.9. The maximum absolute atomic E-state index is 12.7. The zero-order valence-electron chi connectivity index (χ0n) is 25.0. The third-order valence-electron chi connectivity index (χ3n) is 6.30. The van der Waals surface area contributed by atoms with Gasteiger partial charge in [0, 0.05) is 12.8 Å². The molecule has 0 rings (SSSR count). The SMILES string of the molecule is C=COC(=O)OC(C)(C)C(C)C(=O)OC(C)(C)CCOCCC(C)(C)OC(=O)C(C)C(C)(C)OC(=O)OC=C. The van der Waals surface area contributed by atoms with E-state index in [0.29, 0.717) is 12.8 Å². The number of esters is 2. The lowest BCUT2D eigenvalue weighted by Crippen LogP contribution is -2.43. The first-order valence-corrected chi connectivity index (χ1v) is 12.7. The first-order chi connectivity index (χ1) is 17.7. The third kappa shape index (κ3) is 13.5. The molecular weight excluding hydrogens is 512 g/mol. The van der Waals surface area contributed by atoms with Crippen LogP contribution in [0, 0.1) is 11.8 Å². The highest BCUT2D eigenvalue weighted by atomic mass is 16.7. The van der Waals surface area contributed by atoms with E-state index in [4.69, 9.17) is 23.7 Å². The Balaban J connectivity index is 4.68. The largest absolute Gasteiger partial charge is 0.513 e. The topological polar surface area (TPSA) is 133 Å². The highest BCUT2D eigenvalue weighted by Gasteiger charge is 2.40. The van der Waals surface area contributed by atoms with Crippen LogP contribution in [0.3, 0.4) is 0 Å². The molecule has 0 spiro atoms. The minimum atomic E-state index is -1.17. The Morgan fingerprint density at radius 3 is 1.21 bits per heavy atom. The van der Waals surface area contributed by atoms with E-state index in [1.165, 1.54) is 0 Å². The lowest BCUT2D eigenvalue weighted by molar-refractivity contribution is -0.170. The van der Waals surface area contributed by atoms with Crippen LogP contribution < -0.4 is 0 Å². The fourth-order valence-corrected chi connectivity index (χ4v) is 2.92. The summed E-state index contributed by atoms with van der Waals surface area (Å²) in [5.74, 6) is -2.61. The minimum absolute atomic E-state index is 0.285. The van der Waals surface area contributed by atoms with Crippen LogP contribution in [-0.4, -0.2) is 59.9 Å². The number of ether oxygens (including phenoxy) is 7. The molecule has 2 unspecified atom stereocenters. The molecule has 0 bridgehead atoms. The zero-order valence-corrected chi connectivity index (χ0v) is 25.0. The summed E-state index contributed by atoms with van der Waals surface area (Å²) in [5.41, 5.74) is -4.03. The Kier molecular flexibility index (Phi) is 13.7. The van der Waals surface area contributed by atoms with Crippen molar-refractivity contribution in [3.05, 3.63) is 25.7 Å². The van der Waals surface area contributed by atoms with E-state index in [9.17, 15) is 19.2 Å². The Morgan fingerprint density at radius 1 is 0.615 bits per heavy atom. The predicted octanol–water partition coefficient (Wildman–Crippen LogP) is 5.85. The van der Waals surface area contributed by atoms with E-state index in [1.54, 1.807) is 69.2 Å². The summed E-state index contributed by atoms with van der Waals surface area (Å²) in [6.45, 7) is 23.7. The Bertz CT molecular complexity index is 801. The standard InChI is InChI=1S/C28H46O11/c1-13-34-23(31)38-27(9,10)19(3)21(29)36-25(5,6)15-17-33-18-16-26(7,8)37-22(30)20(4)28(11,12)39-24(32)35-14-2/h13-14,19-20H,1-2,15-18H2,3-12H3. The van der Waals surface area contributed by atoms with Gasteiger partial charge in [-0.15, -0.1) is 0 Å². The average Bonchev–Trinajstić information content (AvgIpc) is 2.76. The fourth-order valence-electron chi connectivity index (χ4n) is 2.92. The molecule has 39 heavy (non-hydrogen) atoms. The predicted molar refractivity (Wildman–Crippen MR) is 142 cm³/mol. The molecule has 0 aliphatic rings. The van der Waals surface area contributed by atoms with Gasteiger partial charge in [-0.1, -0.05) is 13.2 Å². The monoisotopic (exact) mass is 558 g/mol. The quantitative estimate of drug-likeness (QED) is 0.0977. The first-order valence-electron chi connectivity index (χ1n) is 12.7. The van der Waals surface area contributed by atoms with Gasteiger partial charge in [0.1, 0.15) is 22.4 Å². The smallest absolute Gasteiger partial charge is 0.459 e. The van der Waals surface area contributed by atoms with Crippen molar-refractivity contribution in [2.24, 2.45) is 11.8 Å². The summed E-state index contributed by atoms with van der Waals surface area (Å²) >= 11 is 0. The van der Waals surface area contributed by atoms with Crippen molar-refractivity contribution in [3.63, 3.8) is 0 Å². The molecule has 0 saturated carbocycles. The van der Waals surface area contributed by atoms with E-state index < -0.39 is 58.5 Å². The van der Waals surface area contributed by atoms with Crippen LogP contribution in [0.2, 0.25) is 0 Å². The molecule has 0 aromatic rings. The van der Waals surface area contributed by atoms with Gasteiger partial charge < -0.3 is 33.2 Å². The maximum Gasteiger partial charge on any atom is 0.513 e. The Labute approximate surface area is 232 Å². The molecule has 0 saturated heterocycles. The lowest BCUT2D eigenvalue weighted by atomic mass is 9.92. The minimum Gasteiger partial charge on any atom is -0.459 e. The van der Waals surface area contributed by atoms with E-state index in [-0.39, 0.29) is 13.2 Å². The first kappa shape index (κ1) is 35.9. The van der Waals surface area contributed by atoms with E-state index >= 15 is 0 Å². The van der Waals surface area contributed by atoms with Gasteiger partial charge in [-0.25, -0.2) is 9.59 Å². The van der Waals surface area contributed by atoms with Crippen LogP contribution in [0.1, 0.15) is 82.1 Å². The van der Waals surface area contributed by atoms with Crippen molar-refractivity contribution in [2.45, 2.75) is 104 Å². The van der Waals surface area contributed by atoms with Crippen LogP contribution in [0.5, 0.6) is 0 Å². The molecule has 0 radical (unpaired) electrons. The van der Waals surface area contributed by atoms with Crippen molar-refractivity contribution < 1.29 is 52.3 Å². The summed E-state index contributed by atoms with van der Waals surface area (Å²) in [7, 11) is 0. The molecule has 0 N–H and O–H groups in total. The number of hydrogen-bond donors (Lipinski definition) is 0. The molecule has 0 fully saturated rings. The molecule has 0 aliphatic carbocycles. The molecule has 0 aromatic carbocycles. The van der Waals surface area contributed by atoms with Gasteiger partial charge in [-0.2, -0.15) is 0 Å². The van der Waals surface area contributed by atoms with Crippen molar-refractivity contribution in [1.29, 1.82) is 0 Å². The molecule has 11 nitrogen and oxygen atoms in total. The number of rotatable bonds is 16. The van der Waals surface area contributed by atoms with Crippen LogP contribution >= 0.6 is 0 Å². The molecule has 2 atom stereocenters. The van der Waals surface area contributed by atoms with Gasteiger partial charge in [0.05, 0.1) is 37.6 Å². The van der Waals surface area contributed by atoms with Gasteiger partial charge in [0.15, 0.2) is 0 Å². The molecule has 0 aromatic heterocycles.